The van der Waals surface area contributed by atoms with Gasteiger partial charge in [-0.25, -0.2) is 0 Å². The molecule has 0 spiro atoms. The van der Waals surface area contributed by atoms with Crippen molar-refractivity contribution in [1.29, 1.82) is 0 Å². The molecule has 2 rings (SSSR count). The maximum absolute atomic E-state index is 12.1. The minimum atomic E-state index is 0.259. The molecule has 1 aromatic heterocycles. The van der Waals surface area contributed by atoms with Crippen LogP contribution in [0.5, 0.6) is 0 Å². The summed E-state index contributed by atoms with van der Waals surface area (Å²) in [6.45, 7) is 3.02. The lowest BCUT2D eigenvalue weighted by Gasteiger charge is -2.35. The SMILES string of the molecule is CCC1c2ccsc2CCN1C(=O)CCCCl. The Bertz CT molecular complexity index is 391. The van der Waals surface area contributed by atoms with Crippen molar-refractivity contribution in [3.05, 3.63) is 21.9 Å². The summed E-state index contributed by atoms with van der Waals surface area (Å²) in [5.74, 6) is 0.828. The standard InChI is InChI=1S/C13H18ClNOS/c1-2-11-10-6-9-17-12(10)5-8-15(11)13(16)4-3-7-14/h6,9,11H,2-5,7-8H2,1H3. The van der Waals surface area contributed by atoms with E-state index in [1.807, 2.05) is 16.2 Å². The van der Waals surface area contributed by atoms with E-state index in [0.717, 1.165) is 25.8 Å². The summed E-state index contributed by atoms with van der Waals surface area (Å²) in [4.78, 5) is 15.6. The smallest absolute Gasteiger partial charge is 0.223 e. The van der Waals surface area contributed by atoms with Crippen LogP contribution in [0, 0.1) is 0 Å². The van der Waals surface area contributed by atoms with Crippen LogP contribution in [0.2, 0.25) is 0 Å². The van der Waals surface area contributed by atoms with E-state index in [-0.39, 0.29) is 11.9 Å². The van der Waals surface area contributed by atoms with Crippen molar-refractivity contribution in [3.63, 3.8) is 0 Å². The van der Waals surface area contributed by atoms with Gasteiger partial charge in [-0.1, -0.05) is 6.92 Å². The Labute approximate surface area is 112 Å². The van der Waals surface area contributed by atoms with Gasteiger partial charge >= 0.3 is 0 Å². The predicted molar refractivity (Wildman–Crippen MR) is 72.7 cm³/mol. The van der Waals surface area contributed by atoms with E-state index >= 15 is 0 Å². The molecular weight excluding hydrogens is 254 g/mol. The number of carbonyl (C=O) groups excluding carboxylic acids is 1. The van der Waals surface area contributed by atoms with Crippen molar-refractivity contribution >= 4 is 28.8 Å². The Kier molecular flexibility index (Phi) is 4.46. The molecule has 2 nitrogen and oxygen atoms in total. The van der Waals surface area contributed by atoms with Crippen LogP contribution >= 0.6 is 22.9 Å². The first-order chi connectivity index (χ1) is 8.27. The number of hydrogen-bond donors (Lipinski definition) is 0. The second-order valence-electron chi connectivity index (χ2n) is 4.35. The predicted octanol–water partition coefficient (Wildman–Crippen LogP) is 3.60. The molecule has 0 aliphatic carbocycles. The fraction of sp³-hybridized carbons (Fsp3) is 0.615. The topological polar surface area (TPSA) is 20.3 Å². The zero-order chi connectivity index (χ0) is 12.3. The van der Waals surface area contributed by atoms with Crippen molar-refractivity contribution in [1.82, 2.24) is 4.90 Å². The number of hydrogen-bond acceptors (Lipinski definition) is 2. The van der Waals surface area contributed by atoms with Gasteiger partial charge in [0, 0.05) is 23.7 Å². The third kappa shape index (κ3) is 2.66. The molecule has 2 heterocycles. The minimum absolute atomic E-state index is 0.259. The molecule has 1 unspecified atom stereocenters. The summed E-state index contributed by atoms with van der Waals surface area (Å²) in [6.07, 6.45) is 3.37. The van der Waals surface area contributed by atoms with Crippen molar-refractivity contribution in [2.45, 2.75) is 38.6 Å². The van der Waals surface area contributed by atoms with Crippen molar-refractivity contribution in [2.24, 2.45) is 0 Å². The van der Waals surface area contributed by atoms with Gasteiger partial charge in [0.2, 0.25) is 5.91 Å². The molecule has 1 aliphatic heterocycles. The molecule has 0 aromatic carbocycles. The van der Waals surface area contributed by atoms with Crippen LogP contribution in [-0.4, -0.2) is 23.2 Å². The number of rotatable bonds is 4. The molecule has 1 atom stereocenters. The van der Waals surface area contributed by atoms with Crippen LogP contribution in [0.25, 0.3) is 0 Å². The Morgan fingerprint density at radius 3 is 3.18 bits per heavy atom. The molecule has 0 radical (unpaired) electrons. The Balaban J connectivity index is 2.12. The Hall–Kier alpha value is -0.540. The quantitative estimate of drug-likeness (QED) is 0.766. The largest absolute Gasteiger partial charge is 0.335 e. The van der Waals surface area contributed by atoms with Crippen LogP contribution < -0.4 is 0 Å². The highest BCUT2D eigenvalue weighted by molar-refractivity contribution is 7.10. The van der Waals surface area contributed by atoms with Crippen LogP contribution in [0.15, 0.2) is 11.4 Å². The zero-order valence-electron chi connectivity index (χ0n) is 10.1. The molecule has 0 saturated heterocycles. The number of thiophene rings is 1. The van der Waals surface area contributed by atoms with E-state index < -0.39 is 0 Å². The fourth-order valence-electron chi connectivity index (χ4n) is 2.50. The first kappa shape index (κ1) is 12.9. The first-order valence-corrected chi connectivity index (χ1v) is 7.61. The highest BCUT2D eigenvalue weighted by Gasteiger charge is 2.29. The summed E-state index contributed by atoms with van der Waals surface area (Å²) >= 11 is 7.47. The summed E-state index contributed by atoms with van der Waals surface area (Å²) in [5, 5.41) is 2.14. The summed E-state index contributed by atoms with van der Waals surface area (Å²) in [7, 11) is 0. The molecule has 1 aromatic rings. The van der Waals surface area contributed by atoms with Gasteiger partial charge in [0.15, 0.2) is 0 Å². The molecule has 0 saturated carbocycles. The second-order valence-corrected chi connectivity index (χ2v) is 5.73. The van der Waals surface area contributed by atoms with Crippen LogP contribution in [-0.2, 0) is 11.2 Å². The number of amides is 1. The lowest BCUT2D eigenvalue weighted by Crippen LogP contribution is -2.39. The Morgan fingerprint density at radius 2 is 2.47 bits per heavy atom. The van der Waals surface area contributed by atoms with E-state index in [1.165, 1.54) is 10.4 Å². The van der Waals surface area contributed by atoms with E-state index in [1.54, 1.807) is 0 Å². The van der Waals surface area contributed by atoms with Crippen LogP contribution in [0.3, 0.4) is 0 Å². The van der Waals surface area contributed by atoms with Gasteiger partial charge in [0.1, 0.15) is 0 Å². The van der Waals surface area contributed by atoms with Crippen molar-refractivity contribution in [3.8, 4) is 0 Å². The number of halogens is 1. The average molecular weight is 272 g/mol. The van der Waals surface area contributed by atoms with E-state index in [9.17, 15) is 4.79 Å². The molecule has 0 fully saturated rings. The van der Waals surface area contributed by atoms with Gasteiger partial charge in [0.25, 0.3) is 0 Å². The molecule has 0 N–H and O–H groups in total. The Morgan fingerprint density at radius 1 is 1.65 bits per heavy atom. The summed E-state index contributed by atoms with van der Waals surface area (Å²) in [5.41, 5.74) is 1.36. The van der Waals surface area contributed by atoms with Gasteiger partial charge in [0.05, 0.1) is 6.04 Å². The first-order valence-electron chi connectivity index (χ1n) is 6.19. The van der Waals surface area contributed by atoms with Crippen LogP contribution in [0.1, 0.15) is 42.7 Å². The van der Waals surface area contributed by atoms with E-state index in [0.29, 0.717) is 12.3 Å². The molecule has 4 heteroatoms. The monoisotopic (exact) mass is 271 g/mol. The molecule has 0 bridgehead atoms. The number of alkyl halides is 1. The van der Waals surface area contributed by atoms with Crippen molar-refractivity contribution < 1.29 is 4.79 Å². The van der Waals surface area contributed by atoms with E-state index in [4.69, 9.17) is 11.6 Å². The van der Waals surface area contributed by atoms with Gasteiger partial charge in [-0.15, -0.1) is 22.9 Å². The number of carbonyl (C=O) groups is 1. The number of nitrogens with zero attached hydrogens (tertiary/aromatic N) is 1. The maximum atomic E-state index is 12.1. The fourth-order valence-corrected chi connectivity index (χ4v) is 3.56. The van der Waals surface area contributed by atoms with Gasteiger partial charge in [-0.05, 0) is 36.3 Å². The highest BCUT2D eigenvalue weighted by atomic mass is 35.5. The van der Waals surface area contributed by atoms with Crippen molar-refractivity contribution in [2.75, 3.05) is 12.4 Å². The molecule has 1 amide bonds. The minimum Gasteiger partial charge on any atom is -0.335 e. The van der Waals surface area contributed by atoms with E-state index in [2.05, 4.69) is 18.4 Å². The zero-order valence-corrected chi connectivity index (χ0v) is 11.7. The van der Waals surface area contributed by atoms with Gasteiger partial charge in [-0.3, -0.25) is 4.79 Å². The lowest BCUT2D eigenvalue weighted by molar-refractivity contribution is -0.134. The normalized spacial score (nSPS) is 19.2. The average Bonchev–Trinajstić information content (AvgIpc) is 2.82. The molecule has 1 aliphatic rings. The highest BCUT2D eigenvalue weighted by Crippen LogP contribution is 2.35. The number of fused-ring (bicyclic) bond motifs is 1. The maximum Gasteiger partial charge on any atom is 0.223 e. The third-order valence-corrected chi connectivity index (χ3v) is 4.59. The molecular formula is C13H18ClNOS. The lowest BCUT2D eigenvalue weighted by atomic mass is 9.97. The molecule has 17 heavy (non-hydrogen) atoms. The van der Waals surface area contributed by atoms with Gasteiger partial charge < -0.3 is 4.90 Å². The van der Waals surface area contributed by atoms with Crippen LogP contribution in [0.4, 0.5) is 0 Å². The molecule has 94 valence electrons. The summed E-state index contributed by atoms with van der Waals surface area (Å²) in [6, 6.07) is 2.46. The van der Waals surface area contributed by atoms with Gasteiger partial charge in [-0.2, -0.15) is 0 Å². The third-order valence-electron chi connectivity index (χ3n) is 3.33. The second kappa shape index (κ2) is 5.87. The summed E-state index contributed by atoms with van der Waals surface area (Å²) < 4.78 is 0.